The maximum absolute atomic E-state index is 5.50. The molecule has 0 aromatic heterocycles. The van der Waals surface area contributed by atoms with E-state index < -0.39 is 0 Å². The molecule has 0 saturated heterocycles. The summed E-state index contributed by atoms with van der Waals surface area (Å²) < 4.78 is 5.50. The lowest BCUT2D eigenvalue weighted by molar-refractivity contribution is 0.317. The Labute approximate surface area is 85.5 Å². The summed E-state index contributed by atoms with van der Waals surface area (Å²) in [6.45, 7) is 4.88. The first-order valence-corrected chi connectivity index (χ1v) is 5.09. The summed E-state index contributed by atoms with van der Waals surface area (Å²) in [6, 6.07) is 8.02. The van der Waals surface area contributed by atoms with Gasteiger partial charge in [-0.25, -0.2) is 0 Å². The predicted octanol–water partition coefficient (Wildman–Crippen LogP) is 3.73. The molecule has 71 valence electrons. The van der Waals surface area contributed by atoms with Crippen LogP contribution < -0.4 is 4.74 Å². The monoisotopic (exact) mass is 195 g/mol. The van der Waals surface area contributed by atoms with E-state index in [1.165, 1.54) is 0 Å². The van der Waals surface area contributed by atoms with E-state index in [1.54, 1.807) is 0 Å². The standard InChI is InChI=1S/C11H15OS/c1-3-7-12-11-6-4-5-10(8-11)9(2)13/h4-6,8-9H,3,7H2,1-2H3. The van der Waals surface area contributed by atoms with E-state index in [2.05, 4.69) is 6.92 Å². The minimum Gasteiger partial charge on any atom is -0.494 e. The molecular weight excluding hydrogens is 180 g/mol. The summed E-state index contributed by atoms with van der Waals surface area (Å²) >= 11 is 5.16. The zero-order chi connectivity index (χ0) is 9.68. The first-order chi connectivity index (χ1) is 6.24. The maximum atomic E-state index is 5.50. The number of hydrogen-bond donors (Lipinski definition) is 0. The first-order valence-electron chi connectivity index (χ1n) is 4.62. The van der Waals surface area contributed by atoms with Crippen LogP contribution in [0.3, 0.4) is 0 Å². The van der Waals surface area contributed by atoms with Crippen molar-refractivity contribution in [3.63, 3.8) is 0 Å². The van der Waals surface area contributed by atoms with Crippen molar-refractivity contribution >= 4 is 12.6 Å². The van der Waals surface area contributed by atoms with Crippen LogP contribution in [-0.4, -0.2) is 6.61 Å². The normalized spacial score (nSPS) is 12.5. The van der Waals surface area contributed by atoms with Crippen LogP contribution in [0, 0.1) is 0 Å². The molecule has 1 radical (unpaired) electrons. The van der Waals surface area contributed by atoms with Crippen LogP contribution in [-0.2, 0) is 0 Å². The largest absolute Gasteiger partial charge is 0.494 e. The molecule has 0 saturated carbocycles. The maximum Gasteiger partial charge on any atom is 0.119 e. The van der Waals surface area contributed by atoms with E-state index in [1.807, 2.05) is 31.2 Å². The van der Waals surface area contributed by atoms with E-state index in [4.69, 9.17) is 17.4 Å². The van der Waals surface area contributed by atoms with Gasteiger partial charge in [-0.1, -0.05) is 31.7 Å². The molecule has 1 aromatic carbocycles. The van der Waals surface area contributed by atoms with Crippen molar-refractivity contribution in [2.75, 3.05) is 6.61 Å². The molecule has 0 aliphatic carbocycles. The van der Waals surface area contributed by atoms with E-state index in [0.717, 1.165) is 24.3 Å². The molecule has 0 bridgehead atoms. The molecule has 0 aliphatic rings. The van der Waals surface area contributed by atoms with Gasteiger partial charge in [-0.3, -0.25) is 0 Å². The molecule has 1 nitrogen and oxygen atoms in total. The zero-order valence-corrected chi connectivity index (χ0v) is 8.93. The molecule has 0 aliphatic heterocycles. The van der Waals surface area contributed by atoms with Gasteiger partial charge in [-0.05, 0) is 31.0 Å². The second-order valence-corrected chi connectivity index (χ2v) is 3.77. The SMILES string of the molecule is CCCOc1cccc(C(C)[S])c1. The van der Waals surface area contributed by atoms with Gasteiger partial charge in [0.2, 0.25) is 0 Å². The molecule has 0 spiro atoms. The first kappa shape index (κ1) is 10.5. The van der Waals surface area contributed by atoms with Crippen molar-refractivity contribution in [2.24, 2.45) is 0 Å². The van der Waals surface area contributed by atoms with Gasteiger partial charge in [-0.15, -0.1) is 0 Å². The average molecular weight is 195 g/mol. The third kappa shape index (κ3) is 3.31. The Kier molecular flexibility index (Phi) is 4.16. The number of benzene rings is 1. The van der Waals surface area contributed by atoms with Gasteiger partial charge in [-0.2, -0.15) is 0 Å². The lowest BCUT2D eigenvalue weighted by Gasteiger charge is -2.07. The van der Waals surface area contributed by atoms with Crippen molar-refractivity contribution in [3.8, 4) is 5.75 Å². The van der Waals surface area contributed by atoms with Crippen LogP contribution in [0.25, 0.3) is 0 Å². The molecule has 2 heteroatoms. The topological polar surface area (TPSA) is 9.23 Å². The predicted molar refractivity (Wildman–Crippen MR) is 58.2 cm³/mol. The Morgan fingerprint density at radius 3 is 2.85 bits per heavy atom. The summed E-state index contributed by atoms with van der Waals surface area (Å²) in [4.78, 5) is 0. The average Bonchev–Trinajstić information content (AvgIpc) is 2.15. The van der Waals surface area contributed by atoms with Gasteiger partial charge in [0, 0.05) is 5.25 Å². The van der Waals surface area contributed by atoms with Crippen LogP contribution in [0.4, 0.5) is 0 Å². The third-order valence-electron chi connectivity index (χ3n) is 1.80. The van der Waals surface area contributed by atoms with Crippen LogP contribution >= 0.6 is 12.6 Å². The molecule has 0 fully saturated rings. The van der Waals surface area contributed by atoms with Gasteiger partial charge in [0.1, 0.15) is 5.75 Å². The van der Waals surface area contributed by atoms with Gasteiger partial charge >= 0.3 is 0 Å². The molecule has 0 heterocycles. The Bertz CT molecular complexity index is 258. The van der Waals surface area contributed by atoms with Crippen molar-refractivity contribution in [1.29, 1.82) is 0 Å². The summed E-state index contributed by atoms with van der Waals surface area (Å²) in [5, 5.41) is 0.158. The number of ether oxygens (including phenoxy) is 1. The fourth-order valence-corrected chi connectivity index (χ4v) is 1.22. The van der Waals surface area contributed by atoms with Crippen LogP contribution in [0.5, 0.6) is 5.75 Å². The number of rotatable bonds is 4. The highest BCUT2D eigenvalue weighted by Gasteiger charge is 2.01. The van der Waals surface area contributed by atoms with Crippen LogP contribution in [0.2, 0.25) is 0 Å². The minimum atomic E-state index is 0.158. The summed E-state index contributed by atoms with van der Waals surface area (Å²) in [7, 11) is 0. The van der Waals surface area contributed by atoms with E-state index in [9.17, 15) is 0 Å². The Hall–Kier alpha value is -0.630. The van der Waals surface area contributed by atoms with Crippen molar-refractivity contribution in [3.05, 3.63) is 29.8 Å². The fourth-order valence-electron chi connectivity index (χ4n) is 1.08. The smallest absolute Gasteiger partial charge is 0.119 e. The summed E-state index contributed by atoms with van der Waals surface area (Å²) in [6.07, 6.45) is 1.04. The van der Waals surface area contributed by atoms with Crippen molar-refractivity contribution in [1.82, 2.24) is 0 Å². The molecular formula is C11H15OS. The van der Waals surface area contributed by atoms with Crippen LogP contribution in [0.15, 0.2) is 24.3 Å². The molecule has 1 atom stereocenters. The van der Waals surface area contributed by atoms with Gasteiger partial charge in [0.05, 0.1) is 6.61 Å². The Morgan fingerprint density at radius 2 is 2.23 bits per heavy atom. The third-order valence-corrected chi connectivity index (χ3v) is 2.07. The quantitative estimate of drug-likeness (QED) is 0.711. The molecule has 13 heavy (non-hydrogen) atoms. The van der Waals surface area contributed by atoms with E-state index >= 15 is 0 Å². The molecule has 1 rings (SSSR count). The Balaban J connectivity index is 2.68. The number of hydrogen-bond acceptors (Lipinski definition) is 1. The van der Waals surface area contributed by atoms with Gasteiger partial charge < -0.3 is 4.74 Å². The molecule has 0 amide bonds. The Morgan fingerprint density at radius 1 is 1.46 bits per heavy atom. The highest BCUT2D eigenvalue weighted by Crippen LogP contribution is 2.22. The molecule has 1 unspecified atom stereocenters. The summed E-state index contributed by atoms with van der Waals surface area (Å²) in [5.41, 5.74) is 1.16. The highest BCUT2D eigenvalue weighted by atomic mass is 32.1. The fraction of sp³-hybridized carbons (Fsp3) is 0.455. The zero-order valence-electron chi connectivity index (χ0n) is 8.12. The van der Waals surface area contributed by atoms with Gasteiger partial charge in [0.15, 0.2) is 0 Å². The minimum absolute atomic E-state index is 0.158. The van der Waals surface area contributed by atoms with Crippen molar-refractivity contribution < 1.29 is 4.74 Å². The highest BCUT2D eigenvalue weighted by molar-refractivity contribution is 7.80. The second kappa shape index (κ2) is 5.18. The summed E-state index contributed by atoms with van der Waals surface area (Å²) in [5.74, 6) is 0.927. The molecule has 1 aromatic rings. The molecule has 0 N–H and O–H groups in total. The van der Waals surface area contributed by atoms with Gasteiger partial charge in [0.25, 0.3) is 0 Å². The van der Waals surface area contributed by atoms with Crippen molar-refractivity contribution in [2.45, 2.75) is 25.5 Å². The van der Waals surface area contributed by atoms with E-state index in [-0.39, 0.29) is 5.25 Å². The lowest BCUT2D eigenvalue weighted by Crippen LogP contribution is -1.95. The van der Waals surface area contributed by atoms with Crippen LogP contribution in [0.1, 0.15) is 31.1 Å². The second-order valence-electron chi connectivity index (χ2n) is 3.06. The van der Waals surface area contributed by atoms with E-state index in [0.29, 0.717) is 0 Å². The lowest BCUT2D eigenvalue weighted by atomic mass is 10.1.